The van der Waals surface area contributed by atoms with E-state index in [-0.39, 0.29) is 25.7 Å². The lowest BCUT2D eigenvalue weighted by atomic mass is 10.1. The predicted molar refractivity (Wildman–Crippen MR) is 426 cm³/mol. The quantitative estimate of drug-likeness (QED) is 0.0169. The molecular formula is C85H138O17P2. The van der Waals surface area contributed by atoms with Crippen molar-refractivity contribution < 1.29 is 80.2 Å². The lowest BCUT2D eigenvalue weighted by molar-refractivity contribution is -0.161. The summed E-state index contributed by atoms with van der Waals surface area (Å²) in [5.74, 6) is -2.33. The molecule has 19 heteroatoms. The Kier molecular flexibility index (Phi) is 71.6. The Bertz CT molecular complexity index is 2640. The van der Waals surface area contributed by atoms with Crippen molar-refractivity contribution in [3.63, 3.8) is 0 Å². The van der Waals surface area contributed by atoms with E-state index in [0.717, 1.165) is 167 Å². The first kappa shape index (κ1) is 98.4. The standard InChI is InChI=1S/C85H138O17P2/c1-5-9-13-17-21-25-29-33-36-38-39-41-44-47-50-54-58-62-66-70-83(88)96-76-81(102-85(90)72-68-64-60-56-52-48-42-35-31-27-23-19-15-11-7-3)78-100-104(93,94)98-74-79(86)73-97-103(91,92)99-77-80(101-84(89)71-67-63-59-55-51-45-32-28-24-20-16-12-8-4)75-95-82(87)69-65-61-57-53-49-46-43-40-37-34-30-26-22-18-14-10-6-2/h9-11,13-15,21-23,25-28,32-37,39,41-43,46,52-53,56-57,79-81,86H,5-8,12,16-20,24,29-31,38,40,44-45,47-51,54-55,58-78H2,1-4H3,(H,91,92)(H,93,94)/b13-9-,14-10-,15-11-,25-21-,26-22-,27-23-,32-28-,36-33-,37-34-,41-39-,42-35-,46-43-,56-52-,57-53-. The van der Waals surface area contributed by atoms with Crippen LogP contribution in [0.15, 0.2) is 170 Å². The van der Waals surface area contributed by atoms with E-state index in [1.807, 2.05) is 12.2 Å². The van der Waals surface area contributed by atoms with Gasteiger partial charge >= 0.3 is 39.5 Å². The topological polar surface area (TPSA) is 237 Å². The van der Waals surface area contributed by atoms with Gasteiger partial charge in [-0.1, -0.05) is 262 Å². The molecule has 0 aliphatic carbocycles. The van der Waals surface area contributed by atoms with Crippen LogP contribution >= 0.6 is 15.6 Å². The highest BCUT2D eigenvalue weighted by Crippen LogP contribution is 2.45. The van der Waals surface area contributed by atoms with Crippen LogP contribution in [-0.4, -0.2) is 96.7 Å². The summed E-state index contributed by atoms with van der Waals surface area (Å²) >= 11 is 0. The molecule has 0 saturated carbocycles. The van der Waals surface area contributed by atoms with E-state index in [1.54, 1.807) is 0 Å². The van der Waals surface area contributed by atoms with Crippen LogP contribution in [0.2, 0.25) is 0 Å². The summed E-state index contributed by atoms with van der Waals surface area (Å²) in [6.07, 6.45) is 89.2. The van der Waals surface area contributed by atoms with Gasteiger partial charge in [-0.15, -0.1) is 0 Å². The van der Waals surface area contributed by atoms with Gasteiger partial charge in [-0.2, -0.15) is 0 Å². The smallest absolute Gasteiger partial charge is 0.462 e. The Labute approximate surface area is 629 Å². The van der Waals surface area contributed by atoms with E-state index in [4.69, 9.17) is 37.0 Å². The van der Waals surface area contributed by atoms with Crippen molar-refractivity contribution in [1.82, 2.24) is 0 Å². The second-order valence-corrected chi connectivity index (χ2v) is 28.4. The van der Waals surface area contributed by atoms with Gasteiger partial charge in [0.15, 0.2) is 12.2 Å². The van der Waals surface area contributed by atoms with Gasteiger partial charge in [-0.05, 0) is 167 Å². The number of phosphoric ester groups is 2. The van der Waals surface area contributed by atoms with E-state index < -0.39 is 97.5 Å². The van der Waals surface area contributed by atoms with E-state index >= 15 is 0 Å². The molecule has 0 aliphatic heterocycles. The van der Waals surface area contributed by atoms with Gasteiger partial charge in [0.25, 0.3) is 0 Å². The maximum atomic E-state index is 13.1. The molecule has 0 spiro atoms. The van der Waals surface area contributed by atoms with Crippen LogP contribution in [0.1, 0.15) is 285 Å². The minimum absolute atomic E-state index is 0.0319. The Balaban J connectivity index is 5.46. The summed E-state index contributed by atoms with van der Waals surface area (Å²) in [5, 5.41) is 10.6. The third kappa shape index (κ3) is 74.7. The molecule has 0 saturated heterocycles. The van der Waals surface area contributed by atoms with E-state index in [9.17, 15) is 43.2 Å². The highest BCUT2D eigenvalue weighted by Gasteiger charge is 2.30. The molecule has 104 heavy (non-hydrogen) atoms. The minimum atomic E-state index is -5.00. The van der Waals surface area contributed by atoms with E-state index in [1.165, 1.54) is 25.7 Å². The first-order valence-corrected chi connectivity index (χ1v) is 42.4. The fraction of sp³-hybridized carbons (Fsp3) is 0.624. The molecule has 5 atom stereocenters. The summed E-state index contributed by atoms with van der Waals surface area (Å²) < 4.78 is 68.5. The molecular weight excluding hydrogens is 1350 g/mol. The largest absolute Gasteiger partial charge is 0.472 e. The average Bonchev–Trinajstić information content (AvgIpc) is 0.918. The fourth-order valence-electron chi connectivity index (χ4n) is 9.76. The number of carbonyl (C=O) groups excluding carboxylic acids is 4. The zero-order valence-electron chi connectivity index (χ0n) is 64.4. The summed E-state index contributed by atoms with van der Waals surface area (Å²) in [5.41, 5.74) is 0. The fourth-order valence-corrected chi connectivity index (χ4v) is 11.3. The SMILES string of the molecule is CC/C=C\C/C=C\C/C=C\C/C=C\C/C=C\CCCC(=O)OCC(COP(=O)(O)OCC(O)COP(=O)(O)OCC(COC(=O)CCCCCCCC/C=C\C/C=C\C/C=C\C/C=C\CC)OC(=O)CCCC/C=C\C/C=C\C/C=C\C/C=C\CC)OC(=O)CCCCCCC/C=C\CCCCCC. The zero-order valence-corrected chi connectivity index (χ0v) is 66.2. The van der Waals surface area contributed by atoms with Gasteiger partial charge in [0.05, 0.1) is 26.4 Å². The van der Waals surface area contributed by atoms with Crippen LogP contribution in [0.5, 0.6) is 0 Å². The van der Waals surface area contributed by atoms with Crippen molar-refractivity contribution in [2.45, 2.75) is 303 Å². The molecule has 0 rings (SSSR count). The van der Waals surface area contributed by atoms with Crippen molar-refractivity contribution in [2.24, 2.45) is 0 Å². The lowest BCUT2D eigenvalue weighted by Gasteiger charge is -2.21. The maximum absolute atomic E-state index is 13.1. The molecule has 0 heterocycles. The minimum Gasteiger partial charge on any atom is -0.462 e. The zero-order chi connectivity index (χ0) is 76.0. The third-order valence-electron chi connectivity index (χ3n) is 15.7. The highest BCUT2D eigenvalue weighted by atomic mass is 31.2. The molecule has 17 nitrogen and oxygen atoms in total. The molecule has 590 valence electrons. The monoisotopic (exact) mass is 1490 g/mol. The van der Waals surface area contributed by atoms with Crippen molar-refractivity contribution in [2.75, 3.05) is 39.6 Å². The molecule has 0 aromatic rings. The van der Waals surface area contributed by atoms with Crippen LogP contribution in [0, 0.1) is 0 Å². The molecule has 0 fully saturated rings. The number of aliphatic hydroxyl groups is 1. The number of ether oxygens (including phenoxy) is 4. The van der Waals surface area contributed by atoms with Crippen molar-refractivity contribution >= 4 is 39.5 Å². The van der Waals surface area contributed by atoms with Crippen LogP contribution in [0.25, 0.3) is 0 Å². The average molecular weight is 1490 g/mol. The number of esters is 4. The number of rotatable bonds is 72. The molecule has 0 radical (unpaired) electrons. The Morgan fingerprint density at radius 1 is 0.279 bits per heavy atom. The van der Waals surface area contributed by atoms with Gasteiger partial charge in [0.2, 0.25) is 0 Å². The number of carbonyl (C=O) groups is 4. The number of unbranched alkanes of at least 4 members (excludes halogenated alkanes) is 18. The van der Waals surface area contributed by atoms with Crippen molar-refractivity contribution in [3.8, 4) is 0 Å². The summed E-state index contributed by atoms with van der Waals surface area (Å²) in [6, 6.07) is 0. The number of phosphoric acid groups is 2. The first-order valence-electron chi connectivity index (χ1n) is 39.4. The molecule has 0 aromatic heterocycles. The second kappa shape index (κ2) is 75.6. The maximum Gasteiger partial charge on any atom is 0.472 e. The van der Waals surface area contributed by atoms with Gasteiger partial charge in [-0.25, -0.2) is 9.13 Å². The normalized spacial score (nSPS) is 14.8. The van der Waals surface area contributed by atoms with E-state index in [0.29, 0.717) is 38.5 Å². The lowest BCUT2D eigenvalue weighted by Crippen LogP contribution is -2.30. The summed E-state index contributed by atoms with van der Waals surface area (Å²) in [4.78, 5) is 73.0. The first-order chi connectivity index (χ1) is 50.7. The molecule has 0 bridgehead atoms. The van der Waals surface area contributed by atoms with Crippen molar-refractivity contribution in [1.29, 1.82) is 0 Å². The molecule has 0 amide bonds. The van der Waals surface area contributed by atoms with Gasteiger partial charge in [0, 0.05) is 25.7 Å². The Morgan fingerprint density at radius 3 is 0.837 bits per heavy atom. The highest BCUT2D eigenvalue weighted by molar-refractivity contribution is 7.47. The molecule has 3 N–H and O–H groups in total. The Morgan fingerprint density at radius 2 is 0.510 bits per heavy atom. The molecule has 0 aliphatic rings. The summed E-state index contributed by atoms with van der Waals surface area (Å²) in [6.45, 7) is 4.36. The van der Waals surface area contributed by atoms with Crippen LogP contribution in [0.4, 0.5) is 0 Å². The van der Waals surface area contributed by atoms with Gasteiger partial charge in [-0.3, -0.25) is 37.3 Å². The van der Waals surface area contributed by atoms with Crippen LogP contribution in [0.3, 0.4) is 0 Å². The number of hydrogen-bond acceptors (Lipinski definition) is 15. The summed E-state index contributed by atoms with van der Waals surface area (Å²) in [7, 11) is -10.0. The van der Waals surface area contributed by atoms with E-state index in [2.05, 4.69) is 186 Å². The second-order valence-electron chi connectivity index (χ2n) is 25.5. The van der Waals surface area contributed by atoms with Crippen LogP contribution < -0.4 is 0 Å². The third-order valence-corrected chi connectivity index (χ3v) is 17.6. The predicted octanol–water partition coefficient (Wildman–Crippen LogP) is 23.0. The van der Waals surface area contributed by atoms with Gasteiger partial charge < -0.3 is 33.8 Å². The molecule has 0 aromatic carbocycles. The molecule has 5 unspecified atom stereocenters. The van der Waals surface area contributed by atoms with Crippen LogP contribution in [-0.2, 0) is 65.4 Å². The van der Waals surface area contributed by atoms with Gasteiger partial charge in [0.1, 0.15) is 19.3 Å². The number of allylic oxidation sites excluding steroid dienone is 28. The van der Waals surface area contributed by atoms with Crippen molar-refractivity contribution in [3.05, 3.63) is 170 Å². The number of hydrogen-bond donors (Lipinski definition) is 3. The Hall–Kier alpha value is -5.58. The number of aliphatic hydroxyl groups excluding tert-OH is 1.